The molecule has 4 rings (SSSR count). The van der Waals surface area contributed by atoms with E-state index in [2.05, 4.69) is 6.07 Å². The van der Waals surface area contributed by atoms with Crippen LogP contribution < -0.4 is 0 Å². The molecule has 35 heavy (non-hydrogen) atoms. The molecule has 0 saturated heterocycles. The number of hydrogen-bond donors (Lipinski definition) is 0. The predicted molar refractivity (Wildman–Crippen MR) is 124 cm³/mol. The Hall–Kier alpha value is -4.38. The van der Waals surface area contributed by atoms with Gasteiger partial charge in [0, 0.05) is 17.5 Å². The number of carbonyl (C=O) groups is 3. The molecule has 0 N–H and O–H groups in total. The summed E-state index contributed by atoms with van der Waals surface area (Å²) in [6.45, 7) is 0. The third kappa shape index (κ3) is 3.75. The van der Waals surface area contributed by atoms with E-state index in [-0.39, 0.29) is 12.8 Å². The molecule has 0 bridgehead atoms. The highest BCUT2D eigenvalue weighted by Crippen LogP contribution is 2.60. The van der Waals surface area contributed by atoms with Crippen LogP contribution in [0.5, 0.6) is 0 Å². The summed E-state index contributed by atoms with van der Waals surface area (Å²) in [6, 6.07) is 17.8. The third-order valence-corrected chi connectivity index (χ3v) is 6.50. The van der Waals surface area contributed by atoms with Gasteiger partial charge in [-0.3, -0.25) is 14.4 Å². The molecular weight excluding hydrogens is 450 g/mol. The SMILES string of the molecule is COC(=O)C12C=C(c3ccc(C#N)cc3)OC(c3ccccc3)=C1CC(C(=O)OC)(C(=O)OC)C2. The number of nitriles is 1. The zero-order chi connectivity index (χ0) is 25.2. The minimum absolute atomic E-state index is 0.150. The van der Waals surface area contributed by atoms with Crippen LogP contribution in [0.3, 0.4) is 0 Å². The normalized spacial score (nSPS) is 20.0. The Morgan fingerprint density at radius 2 is 1.46 bits per heavy atom. The van der Waals surface area contributed by atoms with Crippen LogP contribution in [0.2, 0.25) is 0 Å². The second-order valence-corrected chi connectivity index (χ2v) is 8.36. The highest BCUT2D eigenvalue weighted by atomic mass is 16.5. The molecule has 1 unspecified atom stereocenters. The molecule has 1 heterocycles. The van der Waals surface area contributed by atoms with Crippen LogP contribution in [0.15, 0.2) is 66.2 Å². The number of carbonyl (C=O) groups excluding carboxylic acids is 3. The molecule has 1 fully saturated rings. The van der Waals surface area contributed by atoms with Crippen molar-refractivity contribution in [3.8, 4) is 6.07 Å². The van der Waals surface area contributed by atoms with Crippen LogP contribution >= 0.6 is 0 Å². The van der Waals surface area contributed by atoms with Gasteiger partial charge in [-0.2, -0.15) is 5.26 Å². The van der Waals surface area contributed by atoms with Gasteiger partial charge in [-0.15, -0.1) is 0 Å². The van der Waals surface area contributed by atoms with Crippen LogP contribution in [-0.2, 0) is 33.3 Å². The number of esters is 3. The lowest BCUT2D eigenvalue weighted by Gasteiger charge is -2.32. The van der Waals surface area contributed by atoms with Crippen molar-refractivity contribution in [2.75, 3.05) is 21.3 Å². The van der Waals surface area contributed by atoms with Crippen LogP contribution in [0.25, 0.3) is 11.5 Å². The number of fused-ring (bicyclic) bond motifs is 1. The maximum absolute atomic E-state index is 13.4. The van der Waals surface area contributed by atoms with E-state index in [1.165, 1.54) is 21.3 Å². The molecule has 0 radical (unpaired) electrons. The molecule has 2 aromatic rings. The molecule has 178 valence electrons. The maximum Gasteiger partial charge on any atom is 0.323 e. The van der Waals surface area contributed by atoms with Gasteiger partial charge in [-0.1, -0.05) is 30.3 Å². The van der Waals surface area contributed by atoms with Gasteiger partial charge in [0.05, 0.1) is 33.0 Å². The van der Waals surface area contributed by atoms with Gasteiger partial charge in [-0.25, -0.2) is 0 Å². The predicted octanol–water partition coefficient (Wildman–Crippen LogP) is 3.63. The molecule has 1 atom stereocenters. The van der Waals surface area contributed by atoms with E-state index >= 15 is 0 Å². The molecule has 8 nitrogen and oxygen atoms in total. The average Bonchev–Trinajstić information content (AvgIpc) is 3.29. The lowest BCUT2D eigenvalue weighted by Crippen LogP contribution is -2.41. The molecule has 0 aromatic heterocycles. The Balaban J connectivity index is 2.01. The summed E-state index contributed by atoms with van der Waals surface area (Å²) in [7, 11) is 3.61. The van der Waals surface area contributed by atoms with E-state index in [1.807, 2.05) is 30.3 Å². The quantitative estimate of drug-likeness (QED) is 0.368. The van der Waals surface area contributed by atoms with Crippen molar-refractivity contribution in [2.45, 2.75) is 12.8 Å². The molecular formula is C27H23NO7. The highest BCUT2D eigenvalue weighted by Gasteiger charge is 2.66. The number of benzene rings is 2. The lowest BCUT2D eigenvalue weighted by molar-refractivity contribution is -0.169. The number of hydrogen-bond acceptors (Lipinski definition) is 8. The fraction of sp³-hybridized carbons (Fsp3) is 0.259. The fourth-order valence-corrected chi connectivity index (χ4v) is 4.82. The summed E-state index contributed by atoms with van der Waals surface area (Å²) in [5.74, 6) is -1.60. The van der Waals surface area contributed by atoms with Gasteiger partial charge >= 0.3 is 17.9 Å². The van der Waals surface area contributed by atoms with Crippen molar-refractivity contribution in [1.29, 1.82) is 5.26 Å². The van der Waals surface area contributed by atoms with Gasteiger partial charge in [-0.05, 0) is 42.3 Å². The van der Waals surface area contributed by atoms with Crippen molar-refractivity contribution in [2.24, 2.45) is 10.8 Å². The topological polar surface area (TPSA) is 112 Å². The molecule has 0 spiro atoms. The Morgan fingerprint density at radius 1 is 0.857 bits per heavy atom. The molecule has 8 heteroatoms. The lowest BCUT2D eigenvalue weighted by atomic mass is 9.76. The minimum Gasteiger partial charge on any atom is -0.468 e. The van der Waals surface area contributed by atoms with Gasteiger partial charge < -0.3 is 18.9 Å². The standard InChI is InChI=1S/C27H23NO7/c1-32-23(29)26-14-21(18-11-9-17(15-28)10-12-18)35-22(19-7-5-4-6-8-19)20(26)13-27(16-26,24(30)33-2)25(31)34-3/h4-12,14H,13,16H2,1-3H3. The Kier molecular flexibility index (Phi) is 6.18. The second-order valence-electron chi connectivity index (χ2n) is 8.36. The van der Waals surface area contributed by atoms with E-state index in [0.29, 0.717) is 33.8 Å². The summed E-state index contributed by atoms with van der Waals surface area (Å²) in [5, 5.41) is 9.15. The van der Waals surface area contributed by atoms with Gasteiger partial charge in [0.25, 0.3) is 0 Å². The van der Waals surface area contributed by atoms with Crippen molar-refractivity contribution < 1.29 is 33.3 Å². The Morgan fingerprint density at radius 3 is 2.00 bits per heavy atom. The van der Waals surface area contributed by atoms with Crippen LogP contribution in [0.4, 0.5) is 0 Å². The second kappa shape index (κ2) is 9.11. The zero-order valence-corrected chi connectivity index (χ0v) is 19.5. The number of ether oxygens (including phenoxy) is 4. The van der Waals surface area contributed by atoms with E-state index in [9.17, 15) is 14.4 Å². The Bertz CT molecular complexity index is 1270. The first-order valence-electron chi connectivity index (χ1n) is 10.8. The van der Waals surface area contributed by atoms with Crippen molar-refractivity contribution >= 4 is 29.4 Å². The number of rotatable bonds is 5. The number of methoxy groups -OCH3 is 3. The maximum atomic E-state index is 13.4. The molecule has 1 aliphatic heterocycles. The van der Waals surface area contributed by atoms with Crippen molar-refractivity contribution in [3.63, 3.8) is 0 Å². The van der Waals surface area contributed by atoms with E-state index in [0.717, 1.165) is 0 Å². The van der Waals surface area contributed by atoms with E-state index in [4.69, 9.17) is 24.2 Å². The van der Waals surface area contributed by atoms with E-state index < -0.39 is 28.7 Å². The van der Waals surface area contributed by atoms with Crippen molar-refractivity contribution in [3.05, 3.63) is 82.9 Å². The first-order valence-corrected chi connectivity index (χ1v) is 10.8. The van der Waals surface area contributed by atoms with Gasteiger partial charge in [0.1, 0.15) is 16.9 Å². The fourth-order valence-electron chi connectivity index (χ4n) is 4.82. The minimum atomic E-state index is -1.77. The summed E-state index contributed by atoms with van der Waals surface area (Å²) >= 11 is 0. The van der Waals surface area contributed by atoms with Crippen LogP contribution in [-0.4, -0.2) is 39.2 Å². The largest absolute Gasteiger partial charge is 0.468 e. The number of nitrogens with zero attached hydrogens (tertiary/aromatic N) is 1. The average molecular weight is 473 g/mol. The highest BCUT2D eigenvalue weighted by molar-refractivity contribution is 6.05. The summed E-state index contributed by atoms with van der Waals surface area (Å²) < 4.78 is 21.5. The molecule has 1 saturated carbocycles. The molecule has 1 aliphatic carbocycles. The summed E-state index contributed by atoms with van der Waals surface area (Å²) in [5.41, 5.74) is -1.13. The van der Waals surface area contributed by atoms with Crippen molar-refractivity contribution in [1.82, 2.24) is 0 Å². The first kappa shape index (κ1) is 23.8. The first-order chi connectivity index (χ1) is 16.8. The molecule has 2 aliphatic rings. The Labute approximate surface area is 202 Å². The van der Waals surface area contributed by atoms with E-state index in [1.54, 1.807) is 30.3 Å². The van der Waals surface area contributed by atoms with Crippen LogP contribution in [0.1, 0.15) is 29.5 Å². The summed E-state index contributed by atoms with van der Waals surface area (Å²) in [4.78, 5) is 39.4. The zero-order valence-electron chi connectivity index (χ0n) is 19.5. The summed E-state index contributed by atoms with van der Waals surface area (Å²) in [6.07, 6.45) is 1.18. The van der Waals surface area contributed by atoms with Gasteiger partial charge in [0.15, 0.2) is 5.41 Å². The molecule has 2 aromatic carbocycles. The molecule has 0 amide bonds. The van der Waals surface area contributed by atoms with Gasteiger partial charge in [0.2, 0.25) is 0 Å². The third-order valence-electron chi connectivity index (χ3n) is 6.50. The smallest absolute Gasteiger partial charge is 0.323 e. The monoisotopic (exact) mass is 473 g/mol. The van der Waals surface area contributed by atoms with Crippen LogP contribution in [0, 0.1) is 22.2 Å².